The number of benzene rings is 2. The van der Waals surface area contributed by atoms with Crippen LogP contribution in [0.15, 0.2) is 60.7 Å². The van der Waals surface area contributed by atoms with Crippen LogP contribution in [0.3, 0.4) is 0 Å². The van der Waals surface area contributed by atoms with Gasteiger partial charge in [0.25, 0.3) is 0 Å². The molecule has 0 aromatic heterocycles. The summed E-state index contributed by atoms with van der Waals surface area (Å²) in [7, 11) is 0. The van der Waals surface area contributed by atoms with Gasteiger partial charge in [-0.2, -0.15) is 0 Å². The van der Waals surface area contributed by atoms with Crippen LogP contribution in [0.2, 0.25) is 0 Å². The summed E-state index contributed by atoms with van der Waals surface area (Å²) in [5.41, 5.74) is 2.52. The molecule has 0 saturated heterocycles. The van der Waals surface area contributed by atoms with E-state index in [0.717, 1.165) is 19.6 Å². The van der Waals surface area contributed by atoms with E-state index < -0.39 is 11.9 Å². The summed E-state index contributed by atoms with van der Waals surface area (Å²) in [6.45, 7) is 6.20. The van der Waals surface area contributed by atoms with Crippen LogP contribution in [0.1, 0.15) is 43.7 Å². The van der Waals surface area contributed by atoms with E-state index in [4.69, 9.17) is 14.6 Å². The van der Waals surface area contributed by atoms with Crippen molar-refractivity contribution in [3.8, 4) is 0 Å². The highest BCUT2D eigenvalue weighted by Crippen LogP contribution is 2.10. The number of ether oxygens (including phenoxy) is 2. The minimum absolute atomic E-state index is 0.00821. The van der Waals surface area contributed by atoms with Gasteiger partial charge in [0.2, 0.25) is 5.91 Å². The molecule has 2 N–H and O–H groups in total. The third kappa shape index (κ3) is 14.3. The molecule has 37 heavy (non-hydrogen) atoms. The molecule has 1 amide bonds. The number of nitrogens with zero attached hydrogens (tertiary/aromatic N) is 1. The van der Waals surface area contributed by atoms with Gasteiger partial charge in [-0.3, -0.25) is 19.3 Å². The van der Waals surface area contributed by atoms with Gasteiger partial charge in [-0.1, -0.05) is 67.6 Å². The Balaban J connectivity index is 1.56. The number of hydrogen-bond donors (Lipinski definition) is 2. The Morgan fingerprint density at radius 1 is 0.838 bits per heavy atom. The summed E-state index contributed by atoms with van der Waals surface area (Å²) >= 11 is 0. The van der Waals surface area contributed by atoms with E-state index >= 15 is 0 Å². The van der Waals surface area contributed by atoms with Crippen molar-refractivity contribution in [1.29, 1.82) is 0 Å². The average molecular weight is 513 g/mol. The largest absolute Gasteiger partial charge is 0.481 e. The Morgan fingerprint density at radius 2 is 1.41 bits per heavy atom. The number of Topliss-reactive ketones (excluding diaryl/α,β-unsaturated/α-hetero) is 1. The topological polar surface area (TPSA) is 105 Å². The van der Waals surface area contributed by atoms with E-state index in [1.807, 2.05) is 12.1 Å². The van der Waals surface area contributed by atoms with Gasteiger partial charge < -0.3 is 19.9 Å². The molecule has 0 fully saturated rings. The monoisotopic (exact) mass is 512 g/mol. The van der Waals surface area contributed by atoms with E-state index in [-0.39, 0.29) is 31.0 Å². The summed E-state index contributed by atoms with van der Waals surface area (Å²) in [6, 6.07) is 20.8. The fourth-order valence-corrected chi connectivity index (χ4v) is 3.76. The summed E-state index contributed by atoms with van der Waals surface area (Å²) in [5, 5.41) is 11.3. The number of aliphatic carboxylic acids is 1. The molecule has 0 heterocycles. The molecule has 0 bridgehead atoms. The predicted molar refractivity (Wildman–Crippen MR) is 142 cm³/mol. The fraction of sp³-hybridized carbons (Fsp3) is 0.483. The molecule has 0 aliphatic heterocycles. The maximum atomic E-state index is 12.1. The van der Waals surface area contributed by atoms with E-state index in [2.05, 4.69) is 58.7 Å². The van der Waals surface area contributed by atoms with Crippen molar-refractivity contribution in [2.24, 2.45) is 5.92 Å². The third-order valence-electron chi connectivity index (χ3n) is 5.80. The molecule has 1 atom stereocenters. The zero-order valence-electron chi connectivity index (χ0n) is 21.8. The molecule has 2 aromatic carbocycles. The van der Waals surface area contributed by atoms with Crippen LogP contribution in [0.4, 0.5) is 0 Å². The van der Waals surface area contributed by atoms with Crippen molar-refractivity contribution in [2.75, 3.05) is 39.5 Å². The van der Waals surface area contributed by atoms with Gasteiger partial charge in [-0.25, -0.2) is 0 Å². The molecule has 0 radical (unpaired) electrons. The minimum Gasteiger partial charge on any atom is -0.481 e. The average Bonchev–Trinajstić information content (AvgIpc) is 2.89. The minimum atomic E-state index is -0.893. The van der Waals surface area contributed by atoms with Gasteiger partial charge in [-0.15, -0.1) is 0 Å². The summed E-state index contributed by atoms with van der Waals surface area (Å²) < 4.78 is 11.3. The molecule has 1 unspecified atom stereocenters. The van der Waals surface area contributed by atoms with Gasteiger partial charge >= 0.3 is 5.97 Å². The Labute approximate surface area is 220 Å². The Kier molecular flexibility index (Phi) is 14.8. The first-order valence-corrected chi connectivity index (χ1v) is 12.9. The first-order valence-electron chi connectivity index (χ1n) is 12.9. The molecule has 2 aromatic rings. The SMILES string of the molecule is CC(CC(=O)CCOCCOCCN(Cc1ccccc1)Cc1ccccc1)C(=O)NCCCC(=O)O. The number of hydrogen-bond acceptors (Lipinski definition) is 6. The molecular formula is C29H40N2O6. The first kappa shape index (κ1) is 30.2. The Bertz CT molecular complexity index is 881. The van der Waals surface area contributed by atoms with E-state index in [1.54, 1.807) is 6.92 Å². The molecule has 0 aliphatic rings. The maximum Gasteiger partial charge on any atom is 0.303 e. The van der Waals surface area contributed by atoms with Crippen molar-refractivity contribution in [1.82, 2.24) is 10.2 Å². The second-order valence-corrected chi connectivity index (χ2v) is 9.09. The maximum absolute atomic E-state index is 12.1. The zero-order chi connectivity index (χ0) is 26.7. The van der Waals surface area contributed by atoms with Crippen molar-refractivity contribution in [3.05, 3.63) is 71.8 Å². The van der Waals surface area contributed by atoms with Gasteiger partial charge in [0.05, 0.1) is 26.4 Å². The quantitative estimate of drug-likeness (QED) is 0.261. The number of carboxylic acids is 1. The molecule has 2 rings (SSSR count). The number of carbonyl (C=O) groups excluding carboxylic acids is 2. The highest BCUT2D eigenvalue weighted by molar-refractivity contribution is 5.86. The lowest BCUT2D eigenvalue weighted by molar-refractivity contribution is -0.137. The van der Waals surface area contributed by atoms with Crippen molar-refractivity contribution < 1.29 is 29.0 Å². The van der Waals surface area contributed by atoms with Crippen LogP contribution in [0.5, 0.6) is 0 Å². The number of carboxylic acid groups (broad SMARTS) is 1. The highest BCUT2D eigenvalue weighted by atomic mass is 16.5. The molecule has 0 spiro atoms. The first-order chi connectivity index (χ1) is 17.9. The van der Waals surface area contributed by atoms with Crippen LogP contribution < -0.4 is 5.32 Å². The van der Waals surface area contributed by atoms with Crippen molar-refractivity contribution in [2.45, 2.75) is 45.7 Å². The Morgan fingerprint density at radius 3 is 1.97 bits per heavy atom. The summed E-state index contributed by atoms with van der Waals surface area (Å²) in [4.78, 5) is 37.0. The van der Waals surface area contributed by atoms with Gasteiger partial charge in [0.1, 0.15) is 5.78 Å². The van der Waals surface area contributed by atoms with Crippen LogP contribution in [0.25, 0.3) is 0 Å². The van der Waals surface area contributed by atoms with E-state index in [9.17, 15) is 14.4 Å². The lowest BCUT2D eigenvalue weighted by atomic mass is 10.0. The number of rotatable bonds is 20. The summed E-state index contributed by atoms with van der Waals surface area (Å²) in [6.07, 6.45) is 0.770. The standard InChI is InChI=1S/C29H40N2O6/c1-24(29(35)30-15-8-13-28(33)34)21-27(32)14-17-36-19-20-37-18-16-31(22-25-9-4-2-5-10-25)23-26-11-6-3-7-12-26/h2-7,9-12,24H,8,13-23H2,1H3,(H,30,35)(H,33,34). The van der Waals surface area contributed by atoms with Gasteiger partial charge in [0.15, 0.2) is 0 Å². The number of carbonyl (C=O) groups is 3. The van der Waals surface area contributed by atoms with Crippen LogP contribution >= 0.6 is 0 Å². The van der Waals surface area contributed by atoms with Crippen LogP contribution in [-0.2, 0) is 36.9 Å². The number of amides is 1. The second kappa shape index (κ2) is 18.2. The van der Waals surface area contributed by atoms with Gasteiger partial charge in [0, 0.05) is 51.4 Å². The van der Waals surface area contributed by atoms with Crippen molar-refractivity contribution >= 4 is 17.7 Å². The van der Waals surface area contributed by atoms with Crippen molar-refractivity contribution in [3.63, 3.8) is 0 Å². The van der Waals surface area contributed by atoms with E-state index in [1.165, 1.54) is 11.1 Å². The number of nitrogens with one attached hydrogen (secondary N) is 1. The normalized spacial score (nSPS) is 11.8. The highest BCUT2D eigenvalue weighted by Gasteiger charge is 2.16. The summed E-state index contributed by atoms with van der Waals surface area (Å²) in [5.74, 6) is -1.61. The third-order valence-corrected chi connectivity index (χ3v) is 5.80. The fourth-order valence-electron chi connectivity index (χ4n) is 3.76. The molecule has 202 valence electrons. The predicted octanol–water partition coefficient (Wildman–Crippen LogP) is 3.69. The van der Waals surface area contributed by atoms with Gasteiger partial charge in [-0.05, 0) is 17.5 Å². The van der Waals surface area contributed by atoms with E-state index in [0.29, 0.717) is 39.4 Å². The molecule has 0 aliphatic carbocycles. The lowest BCUT2D eigenvalue weighted by Crippen LogP contribution is -2.31. The smallest absolute Gasteiger partial charge is 0.303 e. The lowest BCUT2D eigenvalue weighted by Gasteiger charge is -2.22. The second-order valence-electron chi connectivity index (χ2n) is 9.09. The Hall–Kier alpha value is -3.07. The van der Waals surface area contributed by atoms with Crippen LogP contribution in [0, 0.1) is 5.92 Å². The van der Waals surface area contributed by atoms with Crippen LogP contribution in [-0.4, -0.2) is 67.2 Å². The molecular weight excluding hydrogens is 472 g/mol. The molecule has 8 heteroatoms. The number of ketones is 1. The zero-order valence-corrected chi connectivity index (χ0v) is 21.8. The molecule has 8 nitrogen and oxygen atoms in total. The molecule has 0 saturated carbocycles.